The van der Waals surface area contributed by atoms with E-state index >= 15 is 0 Å². The Morgan fingerprint density at radius 2 is 0.887 bits per heavy atom. The van der Waals surface area contributed by atoms with Crippen LogP contribution < -0.4 is 9.80 Å². The van der Waals surface area contributed by atoms with E-state index in [1.54, 1.807) is 0 Å². The number of aromatic nitrogens is 2. The highest BCUT2D eigenvalue weighted by atomic mass is 32.1. The lowest BCUT2D eigenvalue weighted by Crippen LogP contribution is -2.15. The monoisotopic (exact) mass is 696 g/mol. The number of thiophene rings is 1. The van der Waals surface area contributed by atoms with Crippen molar-refractivity contribution < 1.29 is 0 Å². The van der Waals surface area contributed by atoms with Crippen molar-refractivity contribution in [2.75, 3.05) is 9.80 Å². The van der Waals surface area contributed by atoms with Crippen LogP contribution in [0.2, 0.25) is 0 Å². The Morgan fingerprint density at radius 3 is 1.45 bits per heavy atom. The maximum absolute atomic E-state index is 4.87. The molecule has 3 aromatic heterocycles. The summed E-state index contributed by atoms with van der Waals surface area (Å²) in [6.07, 6.45) is 3.71. The first-order valence-electron chi connectivity index (χ1n) is 17.7. The molecule has 0 N–H and O–H groups in total. The molecular weight excluding hydrogens is 665 g/mol. The standard InChI is InChI=1S/C48H32N4S/c1-3-16-34(17-4-1)51(44-26-11-13-28-49-44)36-30-33(31-37(32-36)52(35-18-5-2-6-19-35)45-27-12-14-29-50-45)38-24-15-25-43-46(38)47-41-22-9-7-20-39(41)40-21-8-10-23-42(40)48(47)53-43/h1-32H. The molecule has 3 heterocycles. The highest BCUT2D eigenvalue weighted by Crippen LogP contribution is 2.49. The van der Waals surface area contributed by atoms with Gasteiger partial charge in [0.15, 0.2) is 0 Å². The van der Waals surface area contributed by atoms with Crippen molar-refractivity contribution in [3.8, 4) is 11.1 Å². The van der Waals surface area contributed by atoms with Crippen LogP contribution in [0, 0.1) is 0 Å². The Hall–Kier alpha value is -6.82. The van der Waals surface area contributed by atoms with Crippen LogP contribution in [0.3, 0.4) is 0 Å². The molecule has 4 nitrogen and oxygen atoms in total. The summed E-state index contributed by atoms with van der Waals surface area (Å²) in [4.78, 5) is 14.2. The number of pyridine rings is 2. The second kappa shape index (κ2) is 13.1. The van der Waals surface area contributed by atoms with Crippen molar-refractivity contribution in [2.24, 2.45) is 0 Å². The van der Waals surface area contributed by atoms with E-state index in [0.29, 0.717) is 0 Å². The lowest BCUT2D eigenvalue weighted by Gasteiger charge is -2.29. The molecule has 0 bridgehead atoms. The van der Waals surface area contributed by atoms with Crippen LogP contribution in [0.15, 0.2) is 194 Å². The summed E-state index contributed by atoms with van der Waals surface area (Å²) < 4.78 is 2.58. The average Bonchev–Trinajstić information content (AvgIpc) is 3.63. The van der Waals surface area contributed by atoms with Crippen LogP contribution >= 0.6 is 11.3 Å². The van der Waals surface area contributed by atoms with Crippen molar-refractivity contribution in [2.45, 2.75) is 0 Å². The minimum Gasteiger partial charge on any atom is -0.295 e. The smallest absolute Gasteiger partial charge is 0.137 e. The van der Waals surface area contributed by atoms with E-state index in [1.165, 1.54) is 47.3 Å². The largest absolute Gasteiger partial charge is 0.295 e. The second-order valence-corrected chi connectivity index (χ2v) is 14.1. The maximum atomic E-state index is 4.87. The van der Waals surface area contributed by atoms with E-state index < -0.39 is 0 Å². The molecule has 0 radical (unpaired) electrons. The first-order valence-corrected chi connectivity index (χ1v) is 18.6. The van der Waals surface area contributed by atoms with Gasteiger partial charge < -0.3 is 0 Å². The summed E-state index contributed by atoms with van der Waals surface area (Å²) >= 11 is 1.88. The van der Waals surface area contributed by atoms with E-state index in [4.69, 9.17) is 9.97 Å². The molecule has 0 saturated heterocycles. The summed E-state index contributed by atoms with van der Waals surface area (Å²) in [6.45, 7) is 0. The lowest BCUT2D eigenvalue weighted by molar-refractivity contribution is 1.16. The molecule has 0 fully saturated rings. The van der Waals surface area contributed by atoms with Gasteiger partial charge in [-0.15, -0.1) is 11.3 Å². The van der Waals surface area contributed by atoms with Gasteiger partial charge in [-0.2, -0.15) is 0 Å². The third kappa shape index (κ3) is 5.38. The number of nitrogens with zero attached hydrogens (tertiary/aromatic N) is 4. The number of benzene rings is 7. The molecule has 0 aliphatic rings. The van der Waals surface area contributed by atoms with E-state index in [0.717, 1.165) is 39.9 Å². The van der Waals surface area contributed by atoms with Gasteiger partial charge in [-0.1, -0.05) is 109 Å². The highest BCUT2D eigenvalue weighted by molar-refractivity contribution is 7.27. The molecule has 0 saturated carbocycles. The topological polar surface area (TPSA) is 32.3 Å². The van der Waals surface area contributed by atoms with Crippen LogP contribution in [0.4, 0.5) is 34.4 Å². The molecule has 0 spiro atoms. The van der Waals surface area contributed by atoms with Crippen molar-refractivity contribution in [3.63, 3.8) is 0 Å². The first-order chi connectivity index (χ1) is 26.3. The fourth-order valence-corrected chi connectivity index (χ4v) is 8.93. The van der Waals surface area contributed by atoms with Gasteiger partial charge in [0.2, 0.25) is 0 Å². The van der Waals surface area contributed by atoms with E-state index in [9.17, 15) is 0 Å². The summed E-state index contributed by atoms with van der Waals surface area (Å²) in [5, 5.41) is 7.70. The normalized spacial score (nSPS) is 11.4. The zero-order valence-corrected chi connectivity index (χ0v) is 29.5. The zero-order valence-electron chi connectivity index (χ0n) is 28.7. The average molecular weight is 697 g/mol. The summed E-state index contributed by atoms with van der Waals surface area (Å²) in [6, 6.07) is 64.4. The lowest BCUT2D eigenvalue weighted by atomic mass is 9.93. The SMILES string of the molecule is c1ccc(N(c2cc(-c3cccc4sc5c6ccccc6c6ccccc6c5c34)cc(N(c3ccccc3)c3ccccn3)c2)c2ccccn2)cc1. The van der Waals surface area contributed by atoms with E-state index in [2.05, 4.69) is 168 Å². The van der Waals surface area contributed by atoms with Gasteiger partial charge >= 0.3 is 0 Å². The quantitative estimate of drug-likeness (QED) is 0.155. The van der Waals surface area contributed by atoms with Crippen LogP contribution in [0.5, 0.6) is 0 Å². The van der Waals surface area contributed by atoms with E-state index in [-0.39, 0.29) is 0 Å². The fraction of sp³-hybridized carbons (Fsp3) is 0. The van der Waals surface area contributed by atoms with Crippen molar-refractivity contribution >= 4 is 87.4 Å². The molecular formula is C48H32N4S. The van der Waals surface area contributed by atoms with Gasteiger partial charge in [0.25, 0.3) is 0 Å². The Labute approximate surface area is 311 Å². The van der Waals surface area contributed by atoms with Gasteiger partial charge in [0.1, 0.15) is 11.6 Å². The summed E-state index contributed by atoms with van der Waals surface area (Å²) in [5.41, 5.74) is 6.32. The highest BCUT2D eigenvalue weighted by Gasteiger charge is 2.22. The molecule has 10 aromatic rings. The Balaban J connectivity index is 1.31. The second-order valence-electron chi connectivity index (χ2n) is 13.0. The van der Waals surface area contributed by atoms with Crippen molar-refractivity contribution in [1.29, 1.82) is 0 Å². The fourth-order valence-electron chi connectivity index (χ4n) is 7.65. The molecule has 0 amide bonds. The molecule has 0 aliphatic carbocycles. The number of hydrogen-bond acceptors (Lipinski definition) is 5. The minimum atomic E-state index is 0.836. The van der Waals surface area contributed by atoms with Crippen LogP contribution in [0.25, 0.3) is 52.8 Å². The van der Waals surface area contributed by atoms with Crippen LogP contribution in [0.1, 0.15) is 0 Å². The van der Waals surface area contributed by atoms with E-state index in [1.807, 2.05) is 48.0 Å². The molecule has 10 rings (SSSR count). The molecule has 0 aliphatic heterocycles. The van der Waals surface area contributed by atoms with Crippen LogP contribution in [-0.2, 0) is 0 Å². The van der Waals surface area contributed by atoms with Crippen molar-refractivity contribution in [3.05, 3.63) is 194 Å². The van der Waals surface area contributed by atoms with Gasteiger partial charge in [-0.3, -0.25) is 9.80 Å². The third-order valence-electron chi connectivity index (χ3n) is 9.89. The Kier molecular flexibility index (Phi) is 7.63. The predicted molar refractivity (Wildman–Crippen MR) is 225 cm³/mol. The first kappa shape index (κ1) is 31.0. The van der Waals surface area contributed by atoms with Gasteiger partial charge in [-0.05, 0) is 100 Å². The Morgan fingerprint density at radius 1 is 0.377 bits per heavy atom. The number of anilines is 6. The molecule has 0 atom stereocenters. The molecule has 0 unspecified atom stereocenters. The Bertz CT molecular complexity index is 2710. The predicted octanol–water partition coefficient (Wildman–Crippen LogP) is 13.8. The van der Waals surface area contributed by atoms with Gasteiger partial charge in [0, 0.05) is 49.3 Å². The van der Waals surface area contributed by atoms with Gasteiger partial charge in [0.05, 0.1) is 11.4 Å². The summed E-state index contributed by atoms with van der Waals surface area (Å²) in [5.74, 6) is 1.67. The number of rotatable bonds is 7. The number of fused-ring (bicyclic) bond motifs is 8. The summed E-state index contributed by atoms with van der Waals surface area (Å²) in [7, 11) is 0. The molecule has 250 valence electrons. The number of para-hydroxylation sites is 2. The van der Waals surface area contributed by atoms with Crippen LogP contribution in [-0.4, -0.2) is 9.97 Å². The molecule has 7 aromatic carbocycles. The maximum Gasteiger partial charge on any atom is 0.137 e. The van der Waals surface area contributed by atoms with Crippen molar-refractivity contribution in [1.82, 2.24) is 9.97 Å². The minimum absolute atomic E-state index is 0.836. The number of hydrogen-bond donors (Lipinski definition) is 0. The molecule has 53 heavy (non-hydrogen) atoms. The zero-order chi connectivity index (χ0) is 35.1. The third-order valence-corrected chi connectivity index (χ3v) is 11.1. The molecule has 5 heteroatoms. The van der Waals surface area contributed by atoms with Gasteiger partial charge in [-0.25, -0.2) is 9.97 Å².